The molecule has 1 heteroatoms. The zero-order valence-corrected chi connectivity index (χ0v) is 8.92. The zero-order chi connectivity index (χ0) is 10.7. The van der Waals surface area contributed by atoms with Crippen molar-refractivity contribution in [2.75, 3.05) is 0 Å². The van der Waals surface area contributed by atoms with Gasteiger partial charge in [-0.1, -0.05) is 36.3 Å². The summed E-state index contributed by atoms with van der Waals surface area (Å²) in [6.45, 7) is 1.77. The van der Waals surface area contributed by atoms with Gasteiger partial charge >= 0.3 is 0 Å². The fourth-order valence-electron chi connectivity index (χ4n) is 1.95. The average molecular weight is 198 g/mol. The summed E-state index contributed by atoms with van der Waals surface area (Å²) in [5, 5.41) is 0. The predicted octanol–water partition coefficient (Wildman–Crippen LogP) is 2.70. The van der Waals surface area contributed by atoms with Crippen LogP contribution in [-0.4, -0.2) is 5.78 Å². The van der Waals surface area contributed by atoms with Crippen molar-refractivity contribution in [2.45, 2.75) is 31.6 Å². The average Bonchev–Trinajstić information content (AvgIpc) is 3.08. The van der Waals surface area contributed by atoms with Gasteiger partial charge in [-0.3, -0.25) is 4.79 Å². The van der Waals surface area contributed by atoms with Crippen LogP contribution in [0.4, 0.5) is 0 Å². The molecule has 1 aliphatic rings. The van der Waals surface area contributed by atoms with Gasteiger partial charge in [0.05, 0.1) is 11.8 Å². The minimum Gasteiger partial charge on any atom is -0.298 e. The molecule has 1 saturated carbocycles. The molecule has 0 aromatic heterocycles. The van der Waals surface area contributed by atoms with Crippen molar-refractivity contribution in [2.24, 2.45) is 0 Å². The third kappa shape index (κ3) is 1.80. The molecule has 1 aliphatic carbocycles. The van der Waals surface area contributed by atoms with E-state index in [1.165, 1.54) is 0 Å². The van der Waals surface area contributed by atoms with Crippen molar-refractivity contribution in [3.8, 4) is 11.8 Å². The van der Waals surface area contributed by atoms with E-state index in [0.717, 1.165) is 18.4 Å². The number of Topliss-reactive ketones (excluding diaryl/α,β-unsaturated/α-hetero) is 1. The van der Waals surface area contributed by atoms with Crippen LogP contribution in [0.15, 0.2) is 30.3 Å². The lowest BCUT2D eigenvalue weighted by molar-refractivity contribution is -0.120. The highest BCUT2D eigenvalue weighted by Crippen LogP contribution is 2.49. The van der Waals surface area contributed by atoms with E-state index in [-0.39, 0.29) is 11.2 Å². The lowest BCUT2D eigenvalue weighted by Gasteiger charge is -2.12. The summed E-state index contributed by atoms with van der Waals surface area (Å²) in [6.07, 6.45) is 2.37. The quantitative estimate of drug-likeness (QED) is 0.682. The Morgan fingerprint density at radius 1 is 1.33 bits per heavy atom. The largest absolute Gasteiger partial charge is 0.298 e. The van der Waals surface area contributed by atoms with E-state index >= 15 is 0 Å². The van der Waals surface area contributed by atoms with Gasteiger partial charge < -0.3 is 0 Å². The second-order valence-electron chi connectivity index (χ2n) is 3.97. The highest BCUT2D eigenvalue weighted by atomic mass is 16.1. The Bertz CT molecular complexity index is 416. The lowest BCUT2D eigenvalue weighted by Crippen LogP contribution is -2.19. The van der Waals surface area contributed by atoms with E-state index in [1.54, 1.807) is 6.92 Å². The number of carbonyl (C=O) groups excluding carboxylic acids is 1. The van der Waals surface area contributed by atoms with Crippen LogP contribution < -0.4 is 0 Å². The van der Waals surface area contributed by atoms with E-state index < -0.39 is 0 Å². The number of hydrogen-bond donors (Lipinski definition) is 0. The van der Waals surface area contributed by atoms with Crippen LogP contribution in [0.2, 0.25) is 0 Å². The van der Waals surface area contributed by atoms with E-state index in [2.05, 4.69) is 11.8 Å². The van der Waals surface area contributed by atoms with Crippen LogP contribution in [0.5, 0.6) is 0 Å². The fourth-order valence-corrected chi connectivity index (χ4v) is 1.95. The van der Waals surface area contributed by atoms with Crippen molar-refractivity contribution in [1.29, 1.82) is 0 Å². The van der Waals surface area contributed by atoms with Gasteiger partial charge in [-0.05, 0) is 25.3 Å². The van der Waals surface area contributed by atoms with Crippen molar-refractivity contribution >= 4 is 5.78 Å². The molecule has 1 aromatic carbocycles. The molecule has 0 saturated heterocycles. The summed E-state index contributed by atoms with van der Waals surface area (Å²) in [7, 11) is 0. The molecule has 0 heterocycles. The van der Waals surface area contributed by atoms with Gasteiger partial charge in [0, 0.05) is 0 Å². The van der Waals surface area contributed by atoms with Crippen LogP contribution in [-0.2, 0) is 10.2 Å². The molecule has 0 amide bonds. The zero-order valence-electron chi connectivity index (χ0n) is 8.92. The van der Waals surface area contributed by atoms with Crippen LogP contribution in [0, 0.1) is 11.8 Å². The normalized spacial score (nSPS) is 16.3. The van der Waals surface area contributed by atoms with Crippen LogP contribution in [0.1, 0.15) is 31.7 Å². The van der Waals surface area contributed by atoms with Gasteiger partial charge in [0.2, 0.25) is 0 Å². The molecular weight excluding hydrogens is 184 g/mol. The minimum atomic E-state index is -0.189. The molecule has 2 rings (SSSR count). The second-order valence-corrected chi connectivity index (χ2v) is 3.97. The summed E-state index contributed by atoms with van der Waals surface area (Å²) in [5.41, 5.74) is 0.971. The minimum absolute atomic E-state index is 0.189. The first kappa shape index (κ1) is 9.98. The number of ketones is 1. The topological polar surface area (TPSA) is 17.1 Å². The van der Waals surface area contributed by atoms with Gasteiger partial charge in [0.25, 0.3) is 0 Å². The Hall–Kier alpha value is -1.55. The maximum absolute atomic E-state index is 12.0. The first-order chi connectivity index (χ1) is 7.29. The standard InChI is InChI=1S/C14H14O/c1-2-3-9-13(15)14(10-11-14)12-7-5-4-6-8-12/h4-8H,9-11H2,1H3. The molecule has 1 nitrogen and oxygen atoms in total. The molecule has 0 radical (unpaired) electrons. The molecule has 76 valence electrons. The Morgan fingerprint density at radius 3 is 2.53 bits per heavy atom. The van der Waals surface area contributed by atoms with E-state index in [1.807, 2.05) is 30.3 Å². The van der Waals surface area contributed by atoms with Crippen molar-refractivity contribution in [1.82, 2.24) is 0 Å². The van der Waals surface area contributed by atoms with Crippen LogP contribution in [0.3, 0.4) is 0 Å². The summed E-state index contributed by atoms with van der Waals surface area (Å²) in [5.74, 6) is 5.92. The highest BCUT2D eigenvalue weighted by molar-refractivity contribution is 5.94. The molecule has 0 aliphatic heterocycles. The lowest BCUT2D eigenvalue weighted by atomic mass is 9.90. The van der Waals surface area contributed by atoms with Gasteiger partial charge in [-0.25, -0.2) is 0 Å². The van der Waals surface area contributed by atoms with Gasteiger partial charge in [0.1, 0.15) is 0 Å². The van der Waals surface area contributed by atoms with E-state index in [9.17, 15) is 4.79 Å². The number of hydrogen-bond acceptors (Lipinski definition) is 1. The molecule has 0 spiro atoms. The monoisotopic (exact) mass is 198 g/mol. The third-order valence-corrected chi connectivity index (χ3v) is 3.04. The molecule has 0 N–H and O–H groups in total. The molecule has 0 bridgehead atoms. The summed E-state index contributed by atoms with van der Waals surface area (Å²) < 4.78 is 0. The highest BCUT2D eigenvalue weighted by Gasteiger charge is 2.49. The van der Waals surface area contributed by atoms with Gasteiger partial charge in [-0.15, -0.1) is 5.92 Å². The number of rotatable bonds is 3. The summed E-state index contributed by atoms with van der Waals surface area (Å²) in [6, 6.07) is 10.1. The van der Waals surface area contributed by atoms with Gasteiger partial charge in [-0.2, -0.15) is 0 Å². The SMILES string of the molecule is CC#CCC(=O)C1(c2ccccc2)CC1. The summed E-state index contributed by atoms with van der Waals surface area (Å²) in [4.78, 5) is 12.0. The molecule has 0 atom stereocenters. The molecular formula is C14H14O. The third-order valence-electron chi connectivity index (χ3n) is 3.04. The first-order valence-electron chi connectivity index (χ1n) is 5.28. The van der Waals surface area contributed by atoms with E-state index in [4.69, 9.17) is 0 Å². The van der Waals surface area contributed by atoms with E-state index in [0.29, 0.717) is 6.42 Å². The van der Waals surface area contributed by atoms with Crippen molar-refractivity contribution in [3.63, 3.8) is 0 Å². The maximum atomic E-state index is 12.0. The van der Waals surface area contributed by atoms with Crippen molar-refractivity contribution < 1.29 is 4.79 Å². The van der Waals surface area contributed by atoms with Crippen LogP contribution in [0.25, 0.3) is 0 Å². The molecule has 1 fully saturated rings. The Morgan fingerprint density at radius 2 is 2.00 bits per heavy atom. The molecule has 0 unspecified atom stereocenters. The fraction of sp³-hybridized carbons (Fsp3) is 0.357. The Balaban J connectivity index is 2.20. The molecule has 15 heavy (non-hydrogen) atoms. The van der Waals surface area contributed by atoms with Crippen molar-refractivity contribution in [3.05, 3.63) is 35.9 Å². The Kier molecular flexibility index (Phi) is 2.60. The Labute approximate surface area is 90.5 Å². The smallest absolute Gasteiger partial charge is 0.155 e. The number of carbonyl (C=O) groups is 1. The summed E-state index contributed by atoms with van der Waals surface area (Å²) >= 11 is 0. The number of benzene rings is 1. The predicted molar refractivity (Wildman–Crippen MR) is 60.4 cm³/mol. The maximum Gasteiger partial charge on any atom is 0.155 e. The van der Waals surface area contributed by atoms with Gasteiger partial charge in [0.15, 0.2) is 5.78 Å². The first-order valence-corrected chi connectivity index (χ1v) is 5.28. The molecule has 1 aromatic rings. The van der Waals surface area contributed by atoms with Crippen LogP contribution >= 0.6 is 0 Å². The second kappa shape index (κ2) is 3.90.